The van der Waals surface area contributed by atoms with Crippen LogP contribution >= 0.6 is 11.8 Å². The summed E-state index contributed by atoms with van der Waals surface area (Å²) in [5.41, 5.74) is 2.91. The minimum Gasteiger partial charge on any atom is -0.271 e. The predicted molar refractivity (Wildman–Crippen MR) is 56.1 cm³/mol. The summed E-state index contributed by atoms with van der Waals surface area (Å²) >= 11 is 2.01. The summed E-state index contributed by atoms with van der Waals surface area (Å²) < 4.78 is 0. The van der Waals surface area contributed by atoms with Gasteiger partial charge in [-0.05, 0) is 24.5 Å². The van der Waals surface area contributed by atoms with Gasteiger partial charge in [0, 0.05) is 11.8 Å². The van der Waals surface area contributed by atoms with E-state index in [1.807, 2.05) is 11.8 Å². The van der Waals surface area contributed by atoms with Crippen LogP contribution in [0.5, 0.6) is 0 Å². The fraction of sp³-hybridized carbons (Fsp3) is 1.00. The lowest BCUT2D eigenvalue weighted by molar-refractivity contribution is 0.508. The maximum absolute atomic E-state index is 5.47. The first-order chi connectivity index (χ1) is 5.86. The van der Waals surface area contributed by atoms with Crippen LogP contribution in [0.1, 0.15) is 32.6 Å². The number of rotatable bonds is 7. The Morgan fingerprint density at radius 2 is 2.33 bits per heavy atom. The third kappa shape index (κ3) is 4.33. The van der Waals surface area contributed by atoms with Crippen molar-refractivity contribution >= 4 is 11.8 Å². The fourth-order valence-electron chi connectivity index (χ4n) is 1.31. The summed E-state index contributed by atoms with van der Waals surface area (Å²) in [6.07, 6.45) is 5.41. The highest BCUT2D eigenvalue weighted by atomic mass is 32.2. The third-order valence-electron chi connectivity index (χ3n) is 2.22. The van der Waals surface area contributed by atoms with E-state index in [1.54, 1.807) is 0 Å². The van der Waals surface area contributed by atoms with Crippen molar-refractivity contribution in [2.45, 2.75) is 38.6 Å². The van der Waals surface area contributed by atoms with Gasteiger partial charge in [-0.3, -0.25) is 11.3 Å². The highest BCUT2D eigenvalue weighted by molar-refractivity contribution is 7.99. The molecule has 1 aliphatic rings. The van der Waals surface area contributed by atoms with Gasteiger partial charge in [-0.1, -0.05) is 19.8 Å². The molecule has 0 aromatic rings. The van der Waals surface area contributed by atoms with Gasteiger partial charge in [-0.15, -0.1) is 0 Å². The van der Waals surface area contributed by atoms with Gasteiger partial charge in [0.1, 0.15) is 0 Å². The van der Waals surface area contributed by atoms with Crippen molar-refractivity contribution in [1.29, 1.82) is 0 Å². The first-order valence-electron chi connectivity index (χ1n) is 4.90. The lowest BCUT2D eigenvalue weighted by Gasteiger charge is -2.14. The molecular weight excluding hydrogens is 168 g/mol. The Labute approximate surface area is 79.6 Å². The van der Waals surface area contributed by atoms with E-state index in [0.29, 0.717) is 6.04 Å². The molecule has 1 atom stereocenters. The molecule has 1 rings (SSSR count). The molecule has 0 spiro atoms. The molecule has 2 nitrogen and oxygen atoms in total. The number of hydrogen-bond donors (Lipinski definition) is 2. The van der Waals surface area contributed by atoms with Crippen LogP contribution in [0.2, 0.25) is 0 Å². The first-order valence-corrected chi connectivity index (χ1v) is 6.06. The van der Waals surface area contributed by atoms with E-state index in [1.165, 1.54) is 37.2 Å². The number of nitrogens with one attached hydrogen (secondary N) is 1. The quantitative estimate of drug-likeness (QED) is 0.363. The average Bonchev–Trinajstić information content (AvgIpc) is 2.87. The number of hydrazine groups is 1. The van der Waals surface area contributed by atoms with Crippen LogP contribution in [0.3, 0.4) is 0 Å². The molecule has 1 saturated carbocycles. The summed E-state index contributed by atoms with van der Waals surface area (Å²) in [6, 6.07) is 0.550. The smallest absolute Gasteiger partial charge is 0.0303 e. The molecule has 0 saturated heterocycles. The van der Waals surface area contributed by atoms with Gasteiger partial charge in [-0.25, -0.2) is 0 Å². The van der Waals surface area contributed by atoms with Crippen molar-refractivity contribution in [2.75, 3.05) is 11.5 Å². The zero-order valence-corrected chi connectivity index (χ0v) is 8.70. The van der Waals surface area contributed by atoms with Crippen LogP contribution in [-0.4, -0.2) is 17.5 Å². The van der Waals surface area contributed by atoms with E-state index >= 15 is 0 Å². The van der Waals surface area contributed by atoms with Crippen molar-refractivity contribution < 1.29 is 0 Å². The molecule has 0 radical (unpaired) electrons. The predicted octanol–water partition coefficient (Wildman–Crippen LogP) is 1.76. The summed E-state index contributed by atoms with van der Waals surface area (Å²) in [5, 5.41) is 0. The van der Waals surface area contributed by atoms with Crippen LogP contribution < -0.4 is 11.3 Å². The Morgan fingerprint density at radius 3 is 2.83 bits per heavy atom. The largest absolute Gasteiger partial charge is 0.271 e. The van der Waals surface area contributed by atoms with E-state index in [-0.39, 0.29) is 0 Å². The topological polar surface area (TPSA) is 38.0 Å². The zero-order chi connectivity index (χ0) is 8.81. The highest BCUT2D eigenvalue weighted by Gasteiger charge is 2.24. The minimum atomic E-state index is 0.550. The van der Waals surface area contributed by atoms with Crippen molar-refractivity contribution in [3.8, 4) is 0 Å². The molecule has 0 aromatic heterocycles. The van der Waals surface area contributed by atoms with Gasteiger partial charge in [0.15, 0.2) is 0 Å². The number of hydrogen-bond acceptors (Lipinski definition) is 3. The molecule has 3 heteroatoms. The zero-order valence-electron chi connectivity index (χ0n) is 7.88. The van der Waals surface area contributed by atoms with Gasteiger partial charge >= 0.3 is 0 Å². The van der Waals surface area contributed by atoms with E-state index < -0.39 is 0 Å². The SMILES string of the molecule is CCCSCC(CC1CC1)NN. The summed E-state index contributed by atoms with van der Waals surface area (Å²) in [6.45, 7) is 2.22. The van der Waals surface area contributed by atoms with Crippen molar-refractivity contribution in [3.05, 3.63) is 0 Å². The minimum absolute atomic E-state index is 0.550. The maximum atomic E-state index is 5.47. The Morgan fingerprint density at radius 1 is 1.58 bits per heavy atom. The van der Waals surface area contributed by atoms with Crippen molar-refractivity contribution in [1.82, 2.24) is 5.43 Å². The number of thioether (sulfide) groups is 1. The second-order valence-corrected chi connectivity index (χ2v) is 4.77. The first kappa shape index (κ1) is 10.4. The Balaban J connectivity index is 1.98. The van der Waals surface area contributed by atoms with Crippen LogP contribution in [0.15, 0.2) is 0 Å². The molecule has 1 fully saturated rings. The molecule has 0 aliphatic heterocycles. The molecule has 3 N–H and O–H groups in total. The molecule has 0 bridgehead atoms. The Kier molecular flexibility index (Phi) is 5.04. The molecule has 72 valence electrons. The lowest BCUT2D eigenvalue weighted by Crippen LogP contribution is -2.37. The summed E-state index contributed by atoms with van der Waals surface area (Å²) in [4.78, 5) is 0. The van der Waals surface area contributed by atoms with Crippen LogP contribution in [0.25, 0.3) is 0 Å². The van der Waals surface area contributed by atoms with Crippen LogP contribution in [0, 0.1) is 5.92 Å². The van der Waals surface area contributed by atoms with Gasteiger partial charge in [0.05, 0.1) is 0 Å². The molecule has 1 unspecified atom stereocenters. The van der Waals surface area contributed by atoms with E-state index in [4.69, 9.17) is 5.84 Å². The maximum Gasteiger partial charge on any atom is 0.0303 e. The molecule has 0 aromatic carbocycles. The third-order valence-corrected chi connectivity index (χ3v) is 3.55. The highest BCUT2D eigenvalue weighted by Crippen LogP contribution is 2.33. The molecule has 1 aliphatic carbocycles. The van der Waals surface area contributed by atoms with Crippen molar-refractivity contribution in [3.63, 3.8) is 0 Å². The van der Waals surface area contributed by atoms with E-state index in [9.17, 15) is 0 Å². The van der Waals surface area contributed by atoms with Gasteiger partial charge in [0.25, 0.3) is 0 Å². The van der Waals surface area contributed by atoms with Gasteiger partial charge < -0.3 is 0 Å². The van der Waals surface area contributed by atoms with Crippen molar-refractivity contribution in [2.24, 2.45) is 11.8 Å². The summed E-state index contributed by atoms with van der Waals surface area (Å²) in [5.74, 6) is 8.90. The Bertz CT molecular complexity index is 115. The molecule has 12 heavy (non-hydrogen) atoms. The summed E-state index contributed by atoms with van der Waals surface area (Å²) in [7, 11) is 0. The second-order valence-electron chi connectivity index (χ2n) is 3.62. The Hall–Kier alpha value is 0.270. The standard InChI is InChI=1S/C9H20N2S/c1-2-5-12-7-9(11-10)6-8-3-4-8/h8-9,11H,2-7,10H2,1H3. The van der Waals surface area contributed by atoms with Gasteiger partial charge in [-0.2, -0.15) is 11.8 Å². The number of nitrogens with two attached hydrogens (primary N) is 1. The van der Waals surface area contributed by atoms with Gasteiger partial charge in [0.2, 0.25) is 0 Å². The normalized spacial score (nSPS) is 19.5. The van der Waals surface area contributed by atoms with Crippen LogP contribution in [0.4, 0.5) is 0 Å². The van der Waals surface area contributed by atoms with E-state index in [0.717, 1.165) is 5.92 Å². The lowest BCUT2D eigenvalue weighted by atomic mass is 10.2. The fourth-order valence-corrected chi connectivity index (χ4v) is 2.28. The molecule has 0 amide bonds. The van der Waals surface area contributed by atoms with Crippen LogP contribution in [-0.2, 0) is 0 Å². The second kappa shape index (κ2) is 5.84. The molecule has 0 heterocycles. The van der Waals surface area contributed by atoms with E-state index in [2.05, 4.69) is 12.3 Å². The molecular formula is C9H20N2S. The average molecular weight is 188 g/mol. The monoisotopic (exact) mass is 188 g/mol.